The maximum Gasteiger partial charge on any atom is 0.410 e. The number of piperidine rings is 1. The molecule has 0 aromatic rings. The van der Waals surface area contributed by atoms with Crippen molar-refractivity contribution >= 4 is 17.8 Å². The van der Waals surface area contributed by atoms with Crippen molar-refractivity contribution in [3.63, 3.8) is 0 Å². The number of allylic oxidation sites excluding steroid dienone is 2. The highest BCUT2D eigenvalue weighted by molar-refractivity contribution is 6.08. The van der Waals surface area contributed by atoms with Crippen molar-refractivity contribution in [3.05, 3.63) is 12.2 Å². The van der Waals surface area contributed by atoms with Crippen LogP contribution in [-0.2, 0) is 19.1 Å². The Labute approximate surface area is 135 Å². The number of carbonyl (C=O) groups is 3. The van der Waals surface area contributed by atoms with Crippen LogP contribution in [0.15, 0.2) is 12.2 Å². The molecule has 2 fully saturated rings. The average molecular weight is 321 g/mol. The number of methoxy groups -OCH3 is 1. The summed E-state index contributed by atoms with van der Waals surface area (Å²) in [6.45, 7) is 6.01. The normalized spacial score (nSPS) is 35.2. The van der Waals surface area contributed by atoms with Crippen LogP contribution in [0.25, 0.3) is 0 Å². The van der Waals surface area contributed by atoms with Crippen LogP contribution in [0.4, 0.5) is 4.79 Å². The van der Waals surface area contributed by atoms with Gasteiger partial charge in [0.1, 0.15) is 11.5 Å². The molecule has 1 aliphatic heterocycles. The maximum absolute atomic E-state index is 12.3. The number of ether oxygens (including phenoxy) is 2. The van der Waals surface area contributed by atoms with Gasteiger partial charge < -0.3 is 14.4 Å². The van der Waals surface area contributed by atoms with E-state index in [-0.39, 0.29) is 23.8 Å². The quantitative estimate of drug-likeness (QED) is 0.545. The summed E-state index contributed by atoms with van der Waals surface area (Å²) in [7, 11) is 1.31. The van der Waals surface area contributed by atoms with Crippen molar-refractivity contribution in [2.24, 2.45) is 17.3 Å². The van der Waals surface area contributed by atoms with E-state index in [4.69, 9.17) is 9.47 Å². The minimum Gasteiger partial charge on any atom is -0.468 e. The van der Waals surface area contributed by atoms with Crippen LogP contribution < -0.4 is 0 Å². The summed E-state index contributed by atoms with van der Waals surface area (Å²) in [6, 6.07) is 0.0429. The zero-order valence-corrected chi connectivity index (χ0v) is 14.0. The molecule has 4 atom stereocenters. The number of esters is 1. The van der Waals surface area contributed by atoms with Gasteiger partial charge in [-0.2, -0.15) is 0 Å². The Bertz CT molecular complexity index is 590. The molecule has 0 aromatic carbocycles. The fourth-order valence-corrected chi connectivity index (χ4v) is 4.03. The molecule has 1 amide bonds. The summed E-state index contributed by atoms with van der Waals surface area (Å²) < 4.78 is 10.3. The smallest absolute Gasteiger partial charge is 0.410 e. The molecule has 6 heteroatoms. The van der Waals surface area contributed by atoms with Gasteiger partial charge in [0.25, 0.3) is 0 Å². The monoisotopic (exact) mass is 321 g/mol. The number of nitrogens with zero attached hydrogens (tertiary/aromatic N) is 1. The molecule has 1 heterocycles. The molecule has 4 unspecified atom stereocenters. The number of amides is 1. The summed E-state index contributed by atoms with van der Waals surface area (Å²) in [5.74, 6) is -1.30. The molecule has 1 spiro atoms. The lowest BCUT2D eigenvalue weighted by Gasteiger charge is -2.40. The van der Waals surface area contributed by atoms with E-state index in [1.807, 2.05) is 26.8 Å². The van der Waals surface area contributed by atoms with Crippen LogP contribution in [0.5, 0.6) is 0 Å². The molecule has 6 nitrogen and oxygen atoms in total. The molecule has 0 N–H and O–H groups in total. The highest BCUT2D eigenvalue weighted by Crippen LogP contribution is 2.60. The van der Waals surface area contributed by atoms with Crippen molar-refractivity contribution in [1.29, 1.82) is 0 Å². The third-order valence-electron chi connectivity index (χ3n) is 5.08. The first kappa shape index (κ1) is 16.0. The van der Waals surface area contributed by atoms with Crippen molar-refractivity contribution in [1.82, 2.24) is 4.90 Å². The Morgan fingerprint density at radius 3 is 2.65 bits per heavy atom. The van der Waals surface area contributed by atoms with Crippen molar-refractivity contribution in [2.75, 3.05) is 13.7 Å². The largest absolute Gasteiger partial charge is 0.468 e. The number of ketones is 1. The number of hydrogen-bond donors (Lipinski definition) is 0. The van der Waals surface area contributed by atoms with E-state index in [0.29, 0.717) is 13.0 Å². The molecule has 1 saturated carbocycles. The van der Waals surface area contributed by atoms with Gasteiger partial charge in [-0.25, -0.2) is 4.79 Å². The van der Waals surface area contributed by atoms with Gasteiger partial charge in [-0.15, -0.1) is 0 Å². The zero-order valence-electron chi connectivity index (χ0n) is 14.0. The number of hydrogen-bond acceptors (Lipinski definition) is 5. The Kier molecular flexibility index (Phi) is 3.54. The number of carbonyl (C=O) groups excluding carboxylic acids is 3. The summed E-state index contributed by atoms with van der Waals surface area (Å²) in [5.41, 5.74) is -1.03. The molecule has 2 aliphatic carbocycles. The SMILES string of the molecule is COC(=O)C1C(=O)C=CC12CCN(C(=O)OC(C)(C)C)C1CC12. The lowest BCUT2D eigenvalue weighted by molar-refractivity contribution is -0.153. The van der Waals surface area contributed by atoms with Gasteiger partial charge in [0.2, 0.25) is 0 Å². The highest BCUT2D eigenvalue weighted by Gasteiger charge is 2.65. The second kappa shape index (κ2) is 5.08. The van der Waals surface area contributed by atoms with E-state index in [1.165, 1.54) is 13.2 Å². The molecule has 3 rings (SSSR count). The van der Waals surface area contributed by atoms with Gasteiger partial charge in [-0.3, -0.25) is 9.59 Å². The Morgan fingerprint density at radius 1 is 1.35 bits per heavy atom. The second-order valence-corrected chi connectivity index (χ2v) is 7.64. The Morgan fingerprint density at radius 2 is 2.04 bits per heavy atom. The minimum atomic E-state index is -0.761. The number of fused-ring (bicyclic) bond motifs is 2. The van der Waals surface area contributed by atoms with Crippen LogP contribution in [0, 0.1) is 17.3 Å². The molecular weight excluding hydrogens is 298 g/mol. The zero-order chi connectivity index (χ0) is 17.0. The van der Waals surface area contributed by atoms with E-state index < -0.39 is 22.9 Å². The van der Waals surface area contributed by atoms with Gasteiger partial charge in [0.05, 0.1) is 7.11 Å². The first-order valence-electron chi connectivity index (χ1n) is 8.00. The predicted octanol–water partition coefficient (Wildman–Crippen LogP) is 1.93. The maximum atomic E-state index is 12.3. The number of likely N-dealkylation sites (tertiary alicyclic amines) is 1. The standard InChI is InChI=1S/C17H23NO5/c1-16(2,3)23-15(21)18-8-7-17(10-9-11(10)18)6-5-12(19)13(17)14(20)22-4/h5-6,10-11,13H,7-9H2,1-4H3. The van der Waals surface area contributed by atoms with E-state index in [9.17, 15) is 14.4 Å². The third-order valence-corrected chi connectivity index (χ3v) is 5.08. The first-order chi connectivity index (χ1) is 10.7. The van der Waals surface area contributed by atoms with Gasteiger partial charge >= 0.3 is 12.1 Å². The second-order valence-electron chi connectivity index (χ2n) is 7.64. The molecule has 3 aliphatic rings. The van der Waals surface area contributed by atoms with E-state index in [0.717, 1.165) is 6.42 Å². The average Bonchev–Trinajstić information content (AvgIpc) is 3.18. The predicted molar refractivity (Wildman–Crippen MR) is 81.5 cm³/mol. The van der Waals surface area contributed by atoms with Gasteiger partial charge in [-0.1, -0.05) is 6.08 Å². The van der Waals surface area contributed by atoms with Crippen LogP contribution in [0.1, 0.15) is 33.6 Å². The lowest BCUT2D eigenvalue weighted by Crippen LogP contribution is -2.49. The van der Waals surface area contributed by atoms with Gasteiger partial charge in [0, 0.05) is 18.0 Å². The molecule has 0 bridgehead atoms. The first-order valence-corrected chi connectivity index (χ1v) is 8.00. The van der Waals surface area contributed by atoms with Crippen LogP contribution in [-0.4, -0.2) is 48.0 Å². The molecule has 126 valence electrons. The fourth-order valence-electron chi connectivity index (χ4n) is 4.03. The molecule has 23 heavy (non-hydrogen) atoms. The molecule has 1 saturated heterocycles. The van der Waals surface area contributed by atoms with Gasteiger partial charge in [0.15, 0.2) is 5.78 Å². The lowest BCUT2D eigenvalue weighted by atomic mass is 9.69. The molecular formula is C17H23NO5. The summed E-state index contributed by atoms with van der Waals surface area (Å²) in [4.78, 5) is 38.3. The summed E-state index contributed by atoms with van der Waals surface area (Å²) >= 11 is 0. The minimum absolute atomic E-state index is 0.0429. The van der Waals surface area contributed by atoms with Crippen LogP contribution in [0.2, 0.25) is 0 Å². The van der Waals surface area contributed by atoms with Crippen LogP contribution >= 0.6 is 0 Å². The molecule has 0 radical (unpaired) electrons. The van der Waals surface area contributed by atoms with Crippen molar-refractivity contribution in [2.45, 2.75) is 45.3 Å². The van der Waals surface area contributed by atoms with Crippen LogP contribution in [0.3, 0.4) is 0 Å². The summed E-state index contributed by atoms with van der Waals surface area (Å²) in [5, 5.41) is 0. The van der Waals surface area contributed by atoms with E-state index in [1.54, 1.807) is 4.90 Å². The van der Waals surface area contributed by atoms with Crippen molar-refractivity contribution < 1.29 is 23.9 Å². The van der Waals surface area contributed by atoms with Crippen molar-refractivity contribution in [3.8, 4) is 0 Å². The third kappa shape index (κ3) is 2.54. The Hall–Kier alpha value is -1.85. The Balaban J connectivity index is 1.77. The van der Waals surface area contributed by atoms with Gasteiger partial charge in [-0.05, 0) is 45.6 Å². The topological polar surface area (TPSA) is 72.9 Å². The van der Waals surface area contributed by atoms with E-state index in [2.05, 4.69) is 0 Å². The summed E-state index contributed by atoms with van der Waals surface area (Å²) in [6.07, 6.45) is 4.43. The molecule has 0 aromatic heterocycles. The number of rotatable bonds is 1. The fraction of sp³-hybridized carbons (Fsp3) is 0.706. The van der Waals surface area contributed by atoms with E-state index >= 15 is 0 Å². The highest BCUT2D eigenvalue weighted by atomic mass is 16.6.